The molecule has 0 saturated heterocycles. The fourth-order valence-electron chi connectivity index (χ4n) is 1.38. The lowest BCUT2D eigenvalue weighted by atomic mass is 10.0. The maximum Gasteiger partial charge on any atom is 0.417 e. The number of aromatic carboxylic acids is 1. The third-order valence-electron chi connectivity index (χ3n) is 2.12. The van der Waals surface area contributed by atoms with Gasteiger partial charge in [-0.15, -0.1) is 0 Å². The van der Waals surface area contributed by atoms with Crippen molar-refractivity contribution in [3.8, 4) is 0 Å². The first-order valence-corrected chi connectivity index (χ1v) is 5.20. The maximum absolute atomic E-state index is 12.7. The smallest absolute Gasteiger partial charge is 0.417 e. The monoisotopic (exact) mass is 296 g/mol. The van der Waals surface area contributed by atoms with Gasteiger partial charge in [0.15, 0.2) is 0 Å². The van der Waals surface area contributed by atoms with Crippen molar-refractivity contribution in [3.63, 3.8) is 0 Å². The van der Waals surface area contributed by atoms with Crippen molar-refractivity contribution in [2.45, 2.75) is 19.5 Å². The predicted molar refractivity (Wildman–Crippen MR) is 55.5 cm³/mol. The average molecular weight is 297 g/mol. The minimum atomic E-state index is -4.56. The number of halogens is 4. The molecule has 0 atom stereocenters. The van der Waals surface area contributed by atoms with E-state index in [2.05, 4.69) is 15.9 Å². The fourth-order valence-corrected chi connectivity index (χ4v) is 2.16. The van der Waals surface area contributed by atoms with Gasteiger partial charge in [0.1, 0.15) is 0 Å². The SMILES string of the molecule is CCc1ccc(C(=O)O)c(Br)c1C(F)(F)F. The van der Waals surface area contributed by atoms with E-state index < -0.39 is 22.2 Å². The van der Waals surface area contributed by atoms with Crippen LogP contribution in [-0.4, -0.2) is 11.1 Å². The summed E-state index contributed by atoms with van der Waals surface area (Å²) in [5.74, 6) is -1.39. The summed E-state index contributed by atoms with van der Waals surface area (Å²) >= 11 is 2.71. The zero-order valence-corrected chi connectivity index (χ0v) is 9.82. The van der Waals surface area contributed by atoms with Gasteiger partial charge in [0.25, 0.3) is 0 Å². The van der Waals surface area contributed by atoms with Gasteiger partial charge in [-0.25, -0.2) is 4.79 Å². The molecule has 0 heterocycles. The summed E-state index contributed by atoms with van der Waals surface area (Å²) in [5.41, 5.74) is -1.22. The van der Waals surface area contributed by atoms with Crippen LogP contribution in [0.2, 0.25) is 0 Å². The molecule has 0 spiro atoms. The van der Waals surface area contributed by atoms with Crippen LogP contribution in [0.15, 0.2) is 16.6 Å². The number of hydrogen-bond acceptors (Lipinski definition) is 1. The van der Waals surface area contributed by atoms with Crippen LogP contribution in [0.3, 0.4) is 0 Å². The van der Waals surface area contributed by atoms with E-state index in [0.717, 1.165) is 0 Å². The number of carbonyl (C=O) groups is 1. The molecule has 0 amide bonds. The molecule has 16 heavy (non-hydrogen) atoms. The number of alkyl halides is 3. The Kier molecular flexibility index (Phi) is 3.62. The van der Waals surface area contributed by atoms with Crippen LogP contribution >= 0.6 is 15.9 Å². The van der Waals surface area contributed by atoms with Gasteiger partial charge in [0.2, 0.25) is 0 Å². The van der Waals surface area contributed by atoms with Crippen molar-refractivity contribution in [2.75, 3.05) is 0 Å². The highest BCUT2D eigenvalue weighted by atomic mass is 79.9. The molecule has 0 bridgehead atoms. The summed E-state index contributed by atoms with van der Waals surface area (Å²) in [4.78, 5) is 10.7. The Morgan fingerprint density at radius 3 is 2.38 bits per heavy atom. The fraction of sp³-hybridized carbons (Fsp3) is 0.300. The van der Waals surface area contributed by atoms with E-state index in [0.29, 0.717) is 0 Å². The Morgan fingerprint density at radius 2 is 2.00 bits per heavy atom. The third-order valence-corrected chi connectivity index (χ3v) is 2.95. The van der Waals surface area contributed by atoms with Gasteiger partial charge in [-0.2, -0.15) is 13.2 Å². The first-order valence-electron chi connectivity index (χ1n) is 4.41. The third kappa shape index (κ3) is 2.37. The van der Waals surface area contributed by atoms with Gasteiger partial charge in [-0.1, -0.05) is 13.0 Å². The number of hydrogen-bond donors (Lipinski definition) is 1. The second-order valence-electron chi connectivity index (χ2n) is 3.12. The first kappa shape index (κ1) is 13.0. The molecule has 1 aromatic rings. The second-order valence-corrected chi connectivity index (χ2v) is 3.91. The van der Waals surface area contributed by atoms with Gasteiger partial charge in [0, 0.05) is 4.47 Å². The van der Waals surface area contributed by atoms with Crippen LogP contribution in [0.1, 0.15) is 28.4 Å². The lowest BCUT2D eigenvalue weighted by Gasteiger charge is -2.15. The van der Waals surface area contributed by atoms with E-state index in [9.17, 15) is 18.0 Å². The molecule has 0 unspecified atom stereocenters. The van der Waals surface area contributed by atoms with Gasteiger partial charge < -0.3 is 5.11 Å². The number of benzene rings is 1. The van der Waals surface area contributed by atoms with Crippen molar-refractivity contribution < 1.29 is 23.1 Å². The van der Waals surface area contributed by atoms with E-state index >= 15 is 0 Å². The zero-order chi connectivity index (χ0) is 12.5. The van der Waals surface area contributed by atoms with E-state index in [1.165, 1.54) is 12.1 Å². The van der Waals surface area contributed by atoms with Crippen LogP contribution in [0.4, 0.5) is 13.2 Å². The highest BCUT2D eigenvalue weighted by Crippen LogP contribution is 2.39. The van der Waals surface area contributed by atoms with Gasteiger partial charge >= 0.3 is 12.1 Å². The molecule has 0 aromatic heterocycles. The standard InChI is InChI=1S/C10H8BrF3O2/c1-2-5-3-4-6(9(15)16)8(11)7(5)10(12,13)14/h3-4H,2H2,1H3,(H,15,16). The van der Waals surface area contributed by atoms with Crippen molar-refractivity contribution in [1.29, 1.82) is 0 Å². The molecule has 0 saturated carbocycles. The van der Waals surface area contributed by atoms with Crippen molar-refractivity contribution in [1.82, 2.24) is 0 Å². The van der Waals surface area contributed by atoms with Crippen LogP contribution in [0.5, 0.6) is 0 Å². The molecule has 6 heteroatoms. The summed E-state index contributed by atoms with van der Waals surface area (Å²) in [5, 5.41) is 8.72. The minimum absolute atomic E-state index is 0.0735. The van der Waals surface area contributed by atoms with Crippen molar-refractivity contribution >= 4 is 21.9 Å². The Hall–Kier alpha value is -1.04. The minimum Gasteiger partial charge on any atom is -0.478 e. The molecule has 1 rings (SSSR count). The molecule has 0 aliphatic rings. The summed E-state index contributed by atoms with van der Waals surface area (Å²) in [6.45, 7) is 1.58. The highest BCUT2D eigenvalue weighted by molar-refractivity contribution is 9.10. The second kappa shape index (κ2) is 4.45. The molecular weight excluding hydrogens is 289 g/mol. The van der Waals surface area contributed by atoms with Gasteiger partial charge in [-0.05, 0) is 34.0 Å². The van der Waals surface area contributed by atoms with E-state index in [1.54, 1.807) is 6.92 Å². The summed E-state index contributed by atoms with van der Waals surface area (Å²) in [6, 6.07) is 2.36. The topological polar surface area (TPSA) is 37.3 Å². The quantitative estimate of drug-likeness (QED) is 0.903. The van der Waals surface area contributed by atoms with E-state index in [-0.39, 0.29) is 17.5 Å². The van der Waals surface area contributed by atoms with Crippen molar-refractivity contribution in [3.05, 3.63) is 33.3 Å². The Balaban J connectivity index is 3.53. The molecule has 2 nitrogen and oxygen atoms in total. The molecule has 0 aliphatic carbocycles. The Bertz CT molecular complexity index is 427. The molecule has 0 fully saturated rings. The zero-order valence-electron chi connectivity index (χ0n) is 8.23. The normalized spacial score (nSPS) is 11.6. The molecule has 1 N–H and O–H groups in total. The van der Waals surface area contributed by atoms with Gasteiger partial charge in [0.05, 0.1) is 11.1 Å². The summed E-state index contributed by atoms with van der Waals surface area (Å²) in [6.07, 6.45) is -4.37. The van der Waals surface area contributed by atoms with E-state index in [1.807, 2.05) is 0 Å². The predicted octanol–water partition coefficient (Wildman–Crippen LogP) is 3.73. The number of rotatable bonds is 2. The molecule has 0 aliphatic heterocycles. The van der Waals surface area contributed by atoms with Crippen LogP contribution < -0.4 is 0 Å². The molecule has 0 radical (unpaired) electrons. The summed E-state index contributed by atoms with van der Waals surface area (Å²) < 4.78 is 37.7. The van der Waals surface area contributed by atoms with Crippen molar-refractivity contribution in [2.24, 2.45) is 0 Å². The molecule has 1 aromatic carbocycles. The lowest BCUT2D eigenvalue weighted by Crippen LogP contribution is -2.13. The van der Waals surface area contributed by atoms with E-state index in [4.69, 9.17) is 5.11 Å². The lowest BCUT2D eigenvalue weighted by molar-refractivity contribution is -0.138. The molecule has 88 valence electrons. The number of carboxylic acids is 1. The maximum atomic E-state index is 12.7. The number of carboxylic acid groups (broad SMARTS) is 1. The largest absolute Gasteiger partial charge is 0.478 e. The first-order chi connectivity index (χ1) is 7.29. The van der Waals surface area contributed by atoms with Crippen LogP contribution in [-0.2, 0) is 12.6 Å². The Morgan fingerprint density at radius 1 is 1.44 bits per heavy atom. The van der Waals surface area contributed by atoms with Crippen LogP contribution in [0.25, 0.3) is 0 Å². The number of aryl methyl sites for hydroxylation is 1. The Labute approximate surface area is 98.2 Å². The highest BCUT2D eigenvalue weighted by Gasteiger charge is 2.36. The van der Waals surface area contributed by atoms with Crippen LogP contribution in [0, 0.1) is 0 Å². The molecular formula is C10H8BrF3O2. The average Bonchev–Trinajstić information content (AvgIpc) is 2.14. The summed E-state index contributed by atoms with van der Waals surface area (Å²) in [7, 11) is 0. The van der Waals surface area contributed by atoms with Gasteiger partial charge in [-0.3, -0.25) is 0 Å².